The Morgan fingerprint density at radius 2 is 1.86 bits per heavy atom. The van der Waals surface area contributed by atoms with Crippen LogP contribution in [0.15, 0.2) is 30.6 Å². The van der Waals surface area contributed by atoms with Gasteiger partial charge in [-0.15, -0.1) is 0 Å². The predicted octanol–water partition coefficient (Wildman–Crippen LogP) is 0.817. The number of nitrogens with one attached hydrogen (secondary N) is 1. The van der Waals surface area contributed by atoms with Crippen LogP contribution in [-0.4, -0.2) is 5.97 Å². The summed E-state index contributed by atoms with van der Waals surface area (Å²) in [6.07, 6.45) is 6.79. The lowest BCUT2D eigenvalue weighted by Gasteiger charge is -1.97. The molecular weight excluding hydrogens is 178 g/mol. The zero-order chi connectivity index (χ0) is 10.6. The van der Waals surface area contributed by atoms with Gasteiger partial charge >= 0.3 is 0 Å². The third-order valence-electron chi connectivity index (χ3n) is 1.59. The molecule has 1 aromatic heterocycles. The second-order valence-corrected chi connectivity index (χ2v) is 2.91. The van der Waals surface area contributed by atoms with E-state index in [1.54, 1.807) is 0 Å². The molecule has 0 unspecified atom stereocenters. The van der Waals surface area contributed by atoms with E-state index in [9.17, 15) is 9.90 Å². The van der Waals surface area contributed by atoms with Crippen LogP contribution in [0.1, 0.15) is 32.6 Å². The van der Waals surface area contributed by atoms with Crippen LogP contribution < -0.4 is 10.1 Å². The van der Waals surface area contributed by atoms with E-state index in [0.717, 1.165) is 19.3 Å². The van der Waals surface area contributed by atoms with Crippen LogP contribution in [-0.2, 0) is 4.79 Å². The van der Waals surface area contributed by atoms with Gasteiger partial charge in [-0.25, -0.2) is 4.98 Å². The van der Waals surface area contributed by atoms with E-state index < -0.39 is 5.97 Å². The molecule has 1 rings (SSSR count). The van der Waals surface area contributed by atoms with Gasteiger partial charge in [-0.3, -0.25) is 0 Å². The van der Waals surface area contributed by atoms with Crippen LogP contribution in [0.2, 0.25) is 0 Å². The number of carboxylic acid groups (broad SMARTS) is 1. The Kier molecular flexibility index (Phi) is 8.75. The first-order chi connectivity index (χ1) is 6.77. The molecule has 3 nitrogen and oxygen atoms in total. The number of pyridine rings is 1. The number of aliphatic carboxylic acids is 1. The summed E-state index contributed by atoms with van der Waals surface area (Å²) in [6, 6.07) is 5.86. The number of aromatic amines is 1. The van der Waals surface area contributed by atoms with E-state index in [2.05, 4.69) is 4.98 Å². The quantitative estimate of drug-likeness (QED) is 0.668. The Morgan fingerprint density at radius 1 is 1.21 bits per heavy atom. The average Bonchev–Trinajstić information content (AvgIpc) is 2.21. The van der Waals surface area contributed by atoms with Gasteiger partial charge in [0.15, 0.2) is 12.4 Å². The van der Waals surface area contributed by atoms with Gasteiger partial charge in [0.1, 0.15) is 0 Å². The van der Waals surface area contributed by atoms with Gasteiger partial charge in [-0.1, -0.05) is 25.8 Å². The smallest absolute Gasteiger partial charge is 0.166 e. The number of rotatable bonds is 4. The van der Waals surface area contributed by atoms with Gasteiger partial charge in [-0.05, 0) is 12.8 Å². The summed E-state index contributed by atoms with van der Waals surface area (Å²) in [5.41, 5.74) is 0. The topological polar surface area (TPSA) is 54.3 Å². The van der Waals surface area contributed by atoms with Crippen LogP contribution in [0.3, 0.4) is 0 Å². The molecular formula is C11H17NO2. The SMILES string of the molecule is CCCCCC(=O)[O-].c1cc[nH+]cc1. The molecule has 0 saturated carbocycles. The summed E-state index contributed by atoms with van der Waals surface area (Å²) in [4.78, 5) is 12.7. The maximum absolute atomic E-state index is 9.76. The van der Waals surface area contributed by atoms with Crippen molar-refractivity contribution in [2.45, 2.75) is 32.6 Å². The van der Waals surface area contributed by atoms with Gasteiger partial charge in [0.25, 0.3) is 0 Å². The number of hydrogen-bond acceptors (Lipinski definition) is 2. The normalized spacial score (nSPS) is 8.64. The molecule has 0 aliphatic heterocycles. The molecule has 0 bridgehead atoms. The molecule has 0 atom stereocenters. The minimum atomic E-state index is -0.932. The summed E-state index contributed by atoms with van der Waals surface area (Å²) >= 11 is 0. The van der Waals surface area contributed by atoms with Crippen LogP contribution in [0, 0.1) is 0 Å². The standard InChI is InChI=1S/C6H12O2.C5H5N/c1-2-3-4-5-6(7)8;1-2-4-6-5-3-1/h2-5H2,1H3,(H,7,8);1-5H. The number of H-pyrrole nitrogens is 1. The fourth-order valence-corrected chi connectivity index (χ4v) is 0.861. The molecule has 0 aromatic carbocycles. The lowest BCUT2D eigenvalue weighted by Crippen LogP contribution is -2.21. The molecule has 0 spiro atoms. The Balaban J connectivity index is 0.000000249. The first kappa shape index (κ1) is 12.6. The largest absolute Gasteiger partial charge is 0.550 e. The number of carboxylic acids is 1. The number of aromatic nitrogens is 1. The summed E-state index contributed by atoms with van der Waals surface area (Å²) < 4.78 is 0. The molecule has 1 N–H and O–H groups in total. The highest BCUT2D eigenvalue weighted by Crippen LogP contribution is 1.96. The zero-order valence-corrected chi connectivity index (χ0v) is 8.53. The van der Waals surface area contributed by atoms with E-state index in [1.165, 1.54) is 0 Å². The fourth-order valence-electron chi connectivity index (χ4n) is 0.861. The molecule has 0 aliphatic carbocycles. The Bertz CT molecular complexity index is 197. The van der Waals surface area contributed by atoms with Crippen LogP contribution in [0.5, 0.6) is 0 Å². The van der Waals surface area contributed by atoms with Gasteiger partial charge in [0, 0.05) is 18.1 Å². The minimum Gasteiger partial charge on any atom is -0.550 e. The summed E-state index contributed by atoms with van der Waals surface area (Å²) in [7, 11) is 0. The van der Waals surface area contributed by atoms with Crippen LogP contribution in [0.25, 0.3) is 0 Å². The fraction of sp³-hybridized carbons (Fsp3) is 0.455. The van der Waals surface area contributed by atoms with Gasteiger partial charge in [-0.2, -0.15) is 0 Å². The second-order valence-electron chi connectivity index (χ2n) is 2.91. The van der Waals surface area contributed by atoms with E-state index >= 15 is 0 Å². The van der Waals surface area contributed by atoms with Gasteiger partial charge in [0.05, 0.1) is 0 Å². The average molecular weight is 195 g/mol. The molecule has 3 heteroatoms. The third kappa shape index (κ3) is 10.6. The van der Waals surface area contributed by atoms with Crippen LogP contribution in [0.4, 0.5) is 0 Å². The van der Waals surface area contributed by atoms with E-state index in [4.69, 9.17) is 0 Å². The van der Waals surface area contributed by atoms with E-state index in [1.807, 2.05) is 37.5 Å². The summed E-state index contributed by atoms with van der Waals surface area (Å²) in [6.45, 7) is 2.04. The minimum absolute atomic E-state index is 0.216. The first-order valence-corrected chi connectivity index (χ1v) is 4.88. The third-order valence-corrected chi connectivity index (χ3v) is 1.59. The monoisotopic (exact) mass is 195 g/mol. The summed E-state index contributed by atoms with van der Waals surface area (Å²) in [5.74, 6) is -0.932. The lowest BCUT2D eigenvalue weighted by atomic mass is 10.2. The van der Waals surface area contributed by atoms with Gasteiger partial charge in [0.2, 0.25) is 0 Å². The van der Waals surface area contributed by atoms with Crippen molar-refractivity contribution in [1.82, 2.24) is 0 Å². The van der Waals surface area contributed by atoms with Crippen LogP contribution >= 0.6 is 0 Å². The van der Waals surface area contributed by atoms with Crippen molar-refractivity contribution < 1.29 is 14.9 Å². The van der Waals surface area contributed by atoms with Crippen molar-refractivity contribution in [1.29, 1.82) is 0 Å². The maximum atomic E-state index is 9.76. The number of carbonyl (C=O) groups excluding carboxylic acids is 1. The summed E-state index contributed by atoms with van der Waals surface area (Å²) in [5, 5.41) is 9.76. The highest BCUT2D eigenvalue weighted by molar-refractivity contribution is 5.63. The number of carbonyl (C=O) groups is 1. The highest BCUT2D eigenvalue weighted by atomic mass is 16.4. The first-order valence-electron chi connectivity index (χ1n) is 4.88. The molecule has 1 heterocycles. The number of unbranched alkanes of at least 4 members (excludes halogenated alkanes) is 2. The highest BCUT2D eigenvalue weighted by Gasteiger charge is 1.84. The molecule has 0 radical (unpaired) electrons. The van der Waals surface area contributed by atoms with Crippen molar-refractivity contribution >= 4 is 5.97 Å². The second kappa shape index (κ2) is 9.71. The molecule has 78 valence electrons. The van der Waals surface area contributed by atoms with Gasteiger partial charge < -0.3 is 9.90 Å². The Morgan fingerprint density at radius 3 is 2.14 bits per heavy atom. The molecule has 0 saturated heterocycles. The molecule has 14 heavy (non-hydrogen) atoms. The van der Waals surface area contributed by atoms with Crippen molar-refractivity contribution in [2.75, 3.05) is 0 Å². The Hall–Kier alpha value is -1.38. The Labute approximate surface area is 84.8 Å². The van der Waals surface area contributed by atoms with Crippen molar-refractivity contribution in [3.63, 3.8) is 0 Å². The van der Waals surface area contributed by atoms with E-state index in [0.29, 0.717) is 0 Å². The predicted molar refractivity (Wildman–Crippen MR) is 52.1 cm³/mol. The lowest BCUT2D eigenvalue weighted by molar-refractivity contribution is -0.377. The zero-order valence-electron chi connectivity index (χ0n) is 8.53. The van der Waals surface area contributed by atoms with Crippen molar-refractivity contribution in [2.24, 2.45) is 0 Å². The van der Waals surface area contributed by atoms with Crippen molar-refractivity contribution in [3.05, 3.63) is 30.6 Å². The van der Waals surface area contributed by atoms with Crippen molar-refractivity contribution in [3.8, 4) is 0 Å². The number of hydrogen-bond donors (Lipinski definition) is 0. The molecule has 1 aromatic rings. The molecule has 0 aliphatic rings. The maximum Gasteiger partial charge on any atom is 0.166 e. The molecule has 0 amide bonds. The van der Waals surface area contributed by atoms with E-state index in [-0.39, 0.29) is 6.42 Å². The molecule has 0 fully saturated rings.